The Hall–Kier alpha value is -1.59. The number of morpholine rings is 1. The Bertz CT molecular complexity index is 484. The van der Waals surface area contributed by atoms with E-state index in [1.54, 1.807) is 4.90 Å². The SMILES string of the molecule is CCCCCC(=O)N(C)c1ccc(OCCN2CCOCC2)cc1. The van der Waals surface area contributed by atoms with E-state index < -0.39 is 0 Å². The average molecular weight is 334 g/mol. The summed E-state index contributed by atoms with van der Waals surface area (Å²) in [6, 6.07) is 7.76. The van der Waals surface area contributed by atoms with Crippen LogP contribution in [0.2, 0.25) is 0 Å². The van der Waals surface area contributed by atoms with E-state index in [0.717, 1.165) is 63.5 Å². The largest absolute Gasteiger partial charge is 0.492 e. The van der Waals surface area contributed by atoms with Crippen LogP contribution in [0.4, 0.5) is 5.69 Å². The molecule has 1 aromatic carbocycles. The first-order chi connectivity index (χ1) is 11.7. The Morgan fingerprint density at radius 2 is 1.92 bits per heavy atom. The van der Waals surface area contributed by atoms with Crippen molar-refractivity contribution in [2.24, 2.45) is 0 Å². The van der Waals surface area contributed by atoms with Gasteiger partial charge >= 0.3 is 0 Å². The Kier molecular flexibility index (Phi) is 8.05. The predicted octanol–water partition coefficient (Wildman–Crippen LogP) is 2.94. The number of rotatable bonds is 9. The van der Waals surface area contributed by atoms with Gasteiger partial charge in [-0.05, 0) is 30.7 Å². The Labute approximate surface area is 145 Å². The molecule has 1 aromatic rings. The third-order valence-corrected chi connectivity index (χ3v) is 4.37. The molecule has 134 valence electrons. The smallest absolute Gasteiger partial charge is 0.226 e. The molecule has 0 unspecified atom stereocenters. The van der Waals surface area contributed by atoms with Crippen LogP contribution < -0.4 is 9.64 Å². The number of hydrogen-bond acceptors (Lipinski definition) is 4. The number of carbonyl (C=O) groups excluding carboxylic acids is 1. The van der Waals surface area contributed by atoms with E-state index in [0.29, 0.717) is 13.0 Å². The molecule has 5 heteroatoms. The lowest BCUT2D eigenvalue weighted by molar-refractivity contribution is -0.118. The van der Waals surface area contributed by atoms with Crippen molar-refractivity contribution in [1.29, 1.82) is 0 Å². The van der Waals surface area contributed by atoms with E-state index in [1.165, 1.54) is 0 Å². The van der Waals surface area contributed by atoms with Crippen molar-refractivity contribution in [3.63, 3.8) is 0 Å². The average Bonchev–Trinajstić information content (AvgIpc) is 2.63. The molecule has 1 amide bonds. The lowest BCUT2D eigenvalue weighted by Gasteiger charge is -2.26. The molecule has 0 atom stereocenters. The van der Waals surface area contributed by atoms with Crippen molar-refractivity contribution < 1.29 is 14.3 Å². The maximum absolute atomic E-state index is 12.1. The molecule has 1 aliphatic rings. The normalized spacial score (nSPS) is 15.2. The van der Waals surface area contributed by atoms with Crippen LogP contribution in [0.1, 0.15) is 32.6 Å². The molecule has 1 aliphatic heterocycles. The fourth-order valence-electron chi connectivity index (χ4n) is 2.72. The Morgan fingerprint density at radius 1 is 1.21 bits per heavy atom. The Morgan fingerprint density at radius 3 is 2.58 bits per heavy atom. The van der Waals surface area contributed by atoms with E-state index in [2.05, 4.69) is 11.8 Å². The summed E-state index contributed by atoms with van der Waals surface area (Å²) in [5, 5.41) is 0. The minimum Gasteiger partial charge on any atom is -0.492 e. The molecule has 24 heavy (non-hydrogen) atoms. The molecule has 2 rings (SSSR count). The maximum Gasteiger partial charge on any atom is 0.226 e. The zero-order valence-corrected chi connectivity index (χ0v) is 15.0. The highest BCUT2D eigenvalue weighted by atomic mass is 16.5. The summed E-state index contributed by atoms with van der Waals surface area (Å²) < 4.78 is 11.1. The number of amides is 1. The second-order valence-electron chi connectivity index (χ2n) is 6.21. The third-order valence-electron chi connectivity index (χ3n) is 4.37. The van der Waals surface area contributed by atoms with Gasteiger partial charge in [-0.3, -0.25) is 9.69 Å². The van der Waals surface area contributed by atoms with Gasteiger partial charge < -0.3 is 14.4 Å². The van der Waals surface area contributed by atoms with Crippen LogP contribution in [0.15, 0.2) is 24.3 Å². The topological polar surface area (TPSA) is 42.0 Å². The van der Waals surface area contributed by atoms with Gasteiger partial charge in [0.1, 0.15) is 12.4 Å². The summed E-state index contributed by atoms with van der Waals surface area (Å²) in [4.78, 5) is 16.2. The van der Waals surface area contributed by atoms with E-state index in [-0.39, 0.29) is 5.91 Å². The fraction of sp³-hybridized carbons (Fsp3) is 0.632. The summed E-state index contributed by atoms with van der Waals surface area (Å²) >= 11 is 0. The van der Waals surface area contributed by atoms with Crippen molar-refractivity contribution in [2.75, 3.05) is 51.4 Å². The van der Waals surface area contributed by atoms with Gasteiger partial charge in [0, 0.05) is 38.8 Å². The molecular formula is C19H30N2O3. The van der Waals surface area contributed by atoms with Crippen LogP contribution in [0, 0.1) is 0 Å². The highest BCUT2D eigenvalue weighted by Gasteiger charge is 2.11. The van der Waals surface area contributed by atoms with Gasteiger partial charge in [-0.25, -0.2) is 0 Å². The first-order valence-electron chi connectivity index (χ1n) is 9.00. The highest BCUT2D eigenvalue weighted by molar-refractivity contribution is 5.92. The summed E-state index contributed by atoms with van der Waals surface area (Å²) in [6.45, 7) is 7.32. The summed E-state index contributed by atoms with van der Waals surface area (Å²) in [7, 11) is 1.84. The molecule has 0 spiro atoms. The zero-order valence-electron chi connectivity index (χ0n) is 15.0. The number of nitrogens with zero attached hydrogens (tertiary/aromatic N) is 2. The number of unbranched alkanes of at least 4 members (excludes halogenated alkanes) is 2. The van der Waals surface area contributed by atoms with Gasteiger partial charge in [-0.2, -0.15) is 0 Å². The van der Waals surface area contributed by atoms with Crippen molar-refractivity contribution in [3.8, 4) is 5.75 Å². The van der Waals surface area contributed by atoms with Crippen LogP contribution >= 0.6 is 0 Å². The number of anilines is 1. The number of hydrogen-bond donors (Lipinski definition) is 0. The quantitative estimate of drug-likeness (QED) is 0.651. The van der Waals surface area contributed by atoms with Crippen molar-refractivity contribution >= 4 is 11.6 Å². The molecule has 1 heterocycles. The van der Waals surface area contributed by atoms with Gasteiger partial charge in [0.2, 0.25) is 5.91 Å². The first kappa shape index (κ1) is 18.7. The Balaban J connectivity index is 1.74. The zero-order chi connectivity index (χ0) is 17.2. The lowest BCUT2D eigenvalue weighted by atomic mass is 10.2. The molecule has 0 aromatic heterocycles. The van der Waals surface area contributed by atoms with E-state index in [9.17, 15) is 4.79 Å². The predicted molar refractivity (Wildman–Crippen MR) is 96.7 cm³/mol. The van der Waals surface area contributed by atoms with Gasteiger partial charge in [0.05, 0.1) is 13.2 Å². The second kappa shape index (κ2) is 10.3. The molecule has 0 bridgehead atoms. The maximum atomic E-state index is 12.1. The van der Waals surface area contributed by atoms with Gasteiger partial charge in [-0.1, -0.05) is 19.8 Å². The van der Waals surface area contributed by atoms with Crippen molar-refractivity contribution in [1.82, 2.24) is 4.90 Å². The molecule has 0 saturated carbocycles. The van der Waals surface area contributed by atoms with Crippen molar-refractivity contribution in [2.45, 2.75) is 32.6 Å². The van der Waals surface area contributed by atoms with Gasteiger partial charge in [-0.15, -0.1) is 0 Å². The standard InChI is InChI=1S/C19H30N2O3/c1-3-4-5-6-19(22)20(2)17-7-9-18(10-8-17)24-16-13-21-11-14-23-15-12-21/h7-10H,3-6,11-16H2,1-2H3. The van der Waals surface area contributed by atoms with Crippen LogP contribution in [-0.2, 0) is 9.53 Å². The number of ether oxygens (including phenoxy) is 2. The molecular weight excluding hydrogens is 304 g/mol. The number of carbonyl (C=O) groups is 1. The minimum atomic E-state index is 0.171. The monoisotopic (exact) mass is 334 g/mol. The third kappa shape index (κ3) is 6.13. The minimum absolute atomic E-state index is 0.171. The first-order valence-corrected chi connectivity index (χ1v) is 9.00. The van der Waals surface area contributed by atoms with Crippen LogP contribution in [0.25, 0.3) is 0 Å². The molecule has 0 N–H and O–H groups in total. The number of benzene rings is 1. The van der Waals surface area contributed by atoms with Gasteiger partial charge in [0.15, 0.2) is 0 Å². The summed E-state index contributed by atoms with van der Waals surface area (Å²) in [5.74, 6) is 1.02. The molecule has 0 aliphatic carbocycles. The molecule has 0 radical (unpaired) electrons. The van der Waals surface area contributed by atoms with E-state index in [4.69, 9.17) is 9.47 Å². The molecule has 5 nitrogen and oxygen atoms in total. The van der Waals surface area contributed by atoms with Gasteiger partial charge in [0.25, 0.3) is 0 Å². The molecule has 1 saturated heterocycles. The summed E-state index contributed by atoms with van der Waals surface area (Å²) in [5.41, 5.74) is 0.914. The lowest BCUT2D eigenvalue weighted by Crippen LogP contribution is -2.38. The van der Waals surface area contributed by atoms with Crippen LogP contribution in [0.3, 0.4) is 0 Å². The summed E-state index contributed by atoms with van der Waals surface area (Å²) in [6.07, 6.45) is 3.81. The fourth-order valence-corrected chi connectivity index (χ4v) is 2.72. The van der Waals surface area contributed by atoms with Crippen LogP contribution in [0.5, 0.6) is 5.75 Å². The van der Waals surface area contributed by atoms with Crippen LogP contribution in [-0.4, -0.2) is 57.3 Å². The highest BCUT2D eigenvalue weighted by Crippen LogP contribution is 2.19. The molecule has 1 fully saturated rings. The van der Waals surface area contributed by atoms with Crippen molar-refractivity contribution in [3.05, 3.63) is 24.3 Å². The van der Waals surface area contributed by atoms with E-state index >= 15 is 0 Å². The second-order valence-corrected chi connectivity index (χ2v) is 6.21. The van der Waals surface area contributed by atoms with E-state index in [1.807, 2.05) is 31.3 Å².